The van der Waals surface area contributed by atoms with E-state index in [1.54, 1.807) is 0 Å². The van der Waals surface area contributed by atoms with Gasteiger partial charge in [0, 0.05) is 25.2 Å². The SMILES string of the molecule is O=C(O)CCCCCCNC(=O)Cn1ccc(=O)[nH]c1=O. The Kier molecular flexibility index (Phi) is 6.93. The average Bonchev–Trinajstić information content (AvgIpc) is 2.40. The van der Waals surface area contributed by atoms with E-state index in [0.29, 0.717) is 13.0 Å². The van der Waals surface area contributed by atoms with Crippen molar-refractivity contribution in [3.8, 4) is 0 Å². The number of carboxylic acid groups (broad SMARTS) is 1. The molecule has 8 nitrogen and oxygen atoms in total. The van der Waals surface area contributed by atoms with Gasteiger partial charge in [0.15, 0.2) is 0 Å². The van der Waals surface area contributed by atoms with Crippen molar-refractivity contribution in [2.24, 2.45) is 0 Å². The quantitative estimate of drug-likeness (QED) is 0.540. The molecule has 0 saturated heterocycles. The normalized spacial score (nSPS) is 10.3. The number of carbonyl (C=O) groups is 2. The number of carbonyl (C=O) groups excluding carboxylic acids is 1. The lowest BCUT2D eigenvalue weighted by Gasteiger charge is -2.06. The van der Waals surface area contributed by atoms with E-state index in [1.165, 1.54) is 12.3 Å². The Morgan fingerprint density at radius 1 is 1.19 bits per heavy atom. The summed E-state index contributed by atoms with van der Waals surface area (Å²) in [6.45, 7) is 0.332. The van der Waals surface area contributed by atoms with Crippen molar-refractivity contribution >= 4 is 11.9 Å². The number of aromatic amines is 1. The van der Waals surface area contributed by atoms with Crippen LogP contribution >= 0.6 is 0 Å². The van der Waals surface area contributed by atoms with Crippen molar-refractivity contribution in [1.29, 1.82) is 0 Å². The summed E-state index contributed by atoms with van der Waals surface area (Å²) in [6, 6.07) is 1.18. The number of aromatic nitrogens is 2. The van der Waals surface area contributed by atoms with Crippen LogP contribution in [-0.4, -0.2) is 33.1 Å². The fraction of sp³-hybridized carbons (Fsp3) is 0.538. The lowest BCUT2D eigenvalue weighted by Crippen LogP contribution is -2.35. The Hall–Kier alpha value is -2.38. The molecule has 1 aromatic rings. The number of nitrogens with zero attached hydrogens (tertiary/aromatic N) is 1. The molecule has 0 aromatic carbocycles. The van der Waals surface area contributed by atoms with Gasteiger partial charge in [-0.2, -0.15) is 0 Å². The number of hydrogen-bond donors (Lipinski definition) is 3. The first-order valence-electron chi connectivity index (χ1n) is 6.77. The van der Waals surface area contributed by atoms with Gasteiger partial charge in [0.25, 0.3) is 5.56 Å². The number of carboxylic acids is 1. The van der Waals surface area contributed by atoms with Gasteiger partial charge in [-0.25, -0.2) is 4.79 Å². The number of amides is 1. The fourth-order valence-electron chi connectivity index (χ4n) is 1.76. The number of hydrogen-bond acceptors (Lipinski definition) is 4. The Morgan fingerprint density at radius 3 is 2.57 bits per heavy atom. The summed E-state index contributed by atoms with van der Waals surface area (Å²) in [6.07, 6.45) is 4.48. The molecule has 3 N–H and O–H groups in total. The zero-order valence-corrected chi connectivity index (χ0v) is 11.6. The largest absolute Gasteiger partial charge is 0.481 e. The molecule has 0 aliphatic heterocycles. The molecule has 0 saturated carbocycles. The first kappa shape index (κ1) is 16.7. The monoisotopic (exact) mass is 297 g/mol. The van der Waals surface area contributed by atoms with Gasteiger partial charge < -0.3 is 10.4 Å². The van der Waals surface area contributed by atoms with E-state index in [-0.39, 0.29) is 18.9 Å². The molecule has 0 aliphatic carbocycles. The lowest BCUT2D eigenvalue weighted by atomic mass is 10.1. The van der Waals surface area contributed by atoms with Crippen molar-refractivity contribution in [3.05, 3.63) is 33.1 Å². The Morgan fingerprint density at radius 2 is 1.90 bits per heavy atom. The Labute approximate surface area is 120 Å². The smallest absolute Gasteiger partial charge is 0.328 e. The highest BCUT2D eigenvalue weighted by Gasteiger charge is 2.04. The van der Waals surface area contributed by atoms with Crippen molar-refractivity contribution < 1.29 is 14.7 Å². The van der Waals surface area contributed by atoms with Crippen LogP contribution in [0.1, 0.15) is 32.1 Å². The standard InChI is InChI=1S/C13H19N3O5/c17-10-6-8-16(13(21)15-10)9-11(18)14-7-4-2-1-3-5-12(19)20/h6,8H,1-5,7,9H2,(H,14,18)(H,19,20)(H,15,17,21). The van der Waals surface area contributed by atoms with E-state index >= 15 is 0 Å². The van der Waals surface area contributed by atoms with E-state index < -0.39 is 17.2 Å². The summed E-state index contributed by atoms with van der Waals surface area (Å²) in [4.78, 5) is 46.2. The van der Waals surface area contributed by atoms with Gasteiger partial charge in [0.2, 0.25) is 5.91 Å². The first-order chi connectivity index (χ1) is 9.99. The van der Waals surface area contributed by atoms with Crippen molar-refractivity contribution in [2.45, 2.75) is 38.6 Å². The van der Waals surface area contributed by atoms with Crippen LogP contribution in [0.15, 0.2) is 21.9 Å². The van der Waals surface area contributed by atoms with Crippen molar-refractivity contribution in [1.82, 2.24) is 14.9 Å². The second kappa shape index (κ2) is 8.72. The highest BCUT2D eigenvalue weighted by atomic mass is 16.4. The second-order valence-electron chi connectivity index (χ2n) is 4.65. The molecule has 0 unspecified atom stereocenters. The molecule has 0 fully saturated rings. The van der Waals surface area contributed by atoms with Crippen LogP contribution < -0.4 is 16.6 Å². The highest BCUT2D eigenvalue weighted by molar-refractivity contribution is 5.75. The maximum atomic E-state index is 11.6. The number of aliphatic carboxylic acids is 1. The van der Waals surface area contributed by atoms with Crippen LogP contribution in [0.4, 0.5) is 0 Å². The predicted molar refractivity (Wildman–Crippen MR) is 75.1 cm³/mol. The third-order valence-electron chi connectivity index (χ3n) is 2.85. The number of nitrogens with one attached hydrogen (secondary N) is 2. The Bertz CT molecular complexity index is 590. The molecular formula is C13H19N3O5. The summed E-state index contributed by atoms with van der Waals surface area (Å²) >= 11 is 0. The molecule has 1 amide bonds. The van der Waals surface area contributed by atoms with Crippen molar-refractivity contribution in [2.75, 3.05) is 6.54 Å². The minimum absolute atomic E-state index is 0.144. The van der Waals surface area contributed by atoms with Gasteiger partial charge in [-0.1, -0.05) is 12.8 Å². The molecule has 21 heavy (non-hydrogen) atoms. The molecule has 0 bridgehead atoms. The number of H-pyrrole nitrogens is 1. The highest BCUT2D eigenvalue weighted by Crippen LogP contribution is 2.02. The molecular weight excluding hydrogens is 278 g/mol. The molecule has 1 heterocycles. The van der Waals surface area contributed by atoms with Crippen molar-refractivity contribution in [3.63, 3.8) is 0 Å². The summed E-state index contributed by atoms with van der Waals surface area (Å²) in [7, 11) is 0. The van der Waals surface area contributed by atoms with E-state index in [1.807, 2.05) is 0 Å². The fourth-order valence-corrected chi connectivity index (χ4v) is 1.76. The van der Waals surface area contributed by atoms with Crippen LogP contribution in [0, 0.1) is 0 Å². The van der Waals surface area contributed by atoms with Gasteiger partial charge in [-0.3, -0.25) is 23.9 Å². The topological polar surface area (TPSA) is 121 Å². The molecule has 0 spiro atoms. The van der Waals surface area contributed by atoms with Crippen LogP contribution in [0.5, 0.6) is 0 Å². The maximum absolute atomic E-state index is 11.6. The van der Waals surface area contributed by atoms with Gasteiger partial charge in [-0.15, -0.1) is 0 Å². The maximum Gasteiger partial charge on any atom is 0.328 e. The minimum Gasteiger partial charge on any atom is -0.481 e. The van der Waals surface area contributed by atoms with Crippen LogP contribution in [-0.2, 0) is 16.1 Å². The molecule has 116 valence electrons. The third kappa shape index (κ3) is 7.09. The molecule has 0 atom stereocenters. The number of unbranched alkanes of at least 4 members (excludes halogenated alkanes) is 3. The van der Waals surface area contributed by atoms with E-state index in [0.717, 1.165) is 23.8 Å². The number of rotatable bonds is 9. The summed E-state index contributed by atoms with van der Waals surface area (Å²) in [5, 5.41) is 11.1. The predicted octanol–water partition coefficient (Wildman–Crippen LogP) is -0.312. The zero-order chi connectivity index (χ0) is 15.7. The van der Waals surface area contributed by atoms with Gasteiger partial charge >= 0.3 is 11.7 Å². The van der Waals surface area contributed by atoms with E-state index in [2.05, 4.69) is 10.3 Å². The summed E-state index contributed by atoms with van der Waals surface area (Å²) in [5.74, 6) is -1.11. The minimum atomic E-state index is -0.797. The van der Waals surface area contributed by atoms with Gasteiger partial charge in [0.1, 0.15) is 6.54 Å². The van der Waals surface area contributed by atoms with E-state index in [9.17, 15) is 19.2 Å². The average molecular weight is 297 g/mol. The summed E-state index contributed by atoms with van der Waals surface area (Å²) in [5.41, 5.74) is -1.12. The van der Waals surface area contributed by atoms with Crippen LogP contribution in [0.25, 0.3) is 0 Å². The second-order valence-corrected chi connectivity index (χ2v) is 4.65. The van der Waals surface area contributed by atoms with Gasteiger partial charge in [0.05, 0.1) is 0 Å². The van der Waals surface area contributed by atoms with Crippen LogP contribution in [0.3, 0.4) is 0 Å². The molecule has 1 rings (SSSR count). The summed E-state index contributed by atoms with van der Waals surface area (Å²) < 4.78 is 1.11. The molecule has 0 aliphatic rings. The van der Waals surface area contributed by atoms with Crippen LogP contribution in [0.2, 0.25) is 0 Å². The molecule has 0 radical (unpaired) electrons. The lowest BCUT2D eigenvalue weighted by molar-refractivity contribution is -0.137. The van der Waals surface area contributed by atoms with Gasteiger partial charge in [-0.05, 0) is 12.8 Å². The third-order valence-corrected chi connectivity index (χ3v) is 2.85. The van der Waals surface area contributed by atoms with E-state index in [4.69, 9.17) is 5.11 Å². The first-order valence-corrected chi connectivity index (χ1v) is 6.77. The Balaban J connectivity index is 2.18. The zero-order valence-electron chi connectivity index (χ0n) is 11.6. The molecule has 1 aromatic heterocycles. The molecule has 8 heteroatoms.